The van der Waals surface area contributed by atoms with Crippen LogP contribution in [0.15, 0.2) is 12.3 Å². The molecule has 0 aromatic rings. The van der Waals surface area contributed by atoms with Gasteiger partial charge in [-0.15, -0.1) is 0 Å². The largest absolute Gasteiger partial charge is 0.501 e. The van der Waals surface area contributed by atoms with Crippen LogP contribution in [0.4, 0.5) is 0 Å². The van der Waals surface area contributed by atoms with Gasteiger partial charge in [0.15, 0.2) is 0 Å². The maximum absolute atomic E-state index is 10.2. The van der Waals surface area contributed by atoms with E-state index in [-0.39, 0.29) is 12.3 Å². The number of ether oxygens (including phenoxy) is 1. The van der Waals surface area contributed by atoms with Gasteiger partial charge in [-0.2, -0.15) is 0 Å². The van der Waals surface area contributed by atoms with Gasteiger partial charge in [0.25, 0.3) is 0 Å². The second-order valence-corrected chi connectivity index (χ2v) is 2.35. The van der Waals surface area contributed by atoms with Crippen LogP contribution in [0.3, 0.4) is 0 Å². The highest BCUT2D eigenvalue weighted by Crippen LogP contribution is 2.14. The Balaban J connectivity index is 2.33. The molecule has 0 radical (unpaired) electrons. The average molecular weight is 142 g/mol. The summed E-state index contributed by atoms with van der Waals surface area (Å²) in [6, 6.07) is 0. The van der Waals surface area contributed by atoms with Gasteiger partial charge in [0, 0.05) is 0 Å². The van der Waals surface area contributed by atoms with Crippen molar-refractivity contribution in [3.8, 4) is 0 Å². The number of rotatable bonds is 2. The Hall–Kier alpha value is -0.990. The Kier molecular flexibility index (Phi) is 2.31. The average Bonchev–Trinajstić information content (AvgIpc) is 1.88. The molecule has 0 fully saturated rings. The summed E-state index contributed by atoms with van der Waals surface area (Å²) in [6.07, 6.45) is 4.43. The first-order chi connectivity index (χ1) is 4.79. The summed E-state index contributed by atoms with van der Waals surface area (Å²) < 4.78 is 4.91. The van der Waals surface area contributed by atoms with Gasteiger partial charge in [0.2, 0.25) is 0 Å². The molecule has 0 spiro atoms. The Morgan fingerprint density at radius 1 is 1.80 bits per heavy atom. The lowest BCUT2D eigenvalue weighted by Gasteiger charge is -2.13. The highest BCUT2D eigenvalue weighted by molar-refractivity contribution is 5.67. The topological polar surface area (TPSA) is 46.5 Å². The van der Waals surface area contributed by atoms with Crippen LogP contribution in [0.2, 0.25) is 0 Å². The normalized spacial score (nSPS) is 23.8. The summed E-state index contributed by atoms with van der Waals surface area (Å²) >= 11 is 0. The fourth-order valence-electron chi connectivity index (χ4n) is 0.945. The van der Waals surface area contributed by atoms with E-state index in [1.54, 1.807) is 12.3 Å². The molecule has 0 saturated carbocycles. The van der Waals surface area contributed by atoms with Gasteiger partial charge in [-0.25, -0.2) is 0 Å². The molecule has 0 aliphatic carbocycles. The van der Waals surface area contributed by atoms with Gasteiger partial charge in [-0.1, -0.05) is 0 Å². The Morgan fingerprint density at radius 2 is 2.60 bits per heavy atom. The zero-order chi connectivity index (χ0) is 7.40. The van der Waals surface area contributed by atoms with E-state index in [1.807, 2.05) is 0 Å². The lowest BCUT2D eigenvalue weighted by molar-refractivity contribution is -0.137. The second kappa shape index (κ2) is 3.25. The molecule has 1 N–H and O–H groups in total. The van der Waals surface area contributed by atoms with Crippen molar-refractivity contribution in [3.05, 3.63) is 12.3 Å². The fourth-order valence-corrected chi connectivity index (χ4v) is 0.945. The van der Waals surface area contributed by atoms with E-state index in [9.17, 15) is 4.79 Å². The fraction of sp³-hybridized carbons (Fsp3) is 0.571. The maximum Gasteiger partial charge on any atom is 0.303 e. The van der Waals surface area contributed by atoms with Crippen LogP contribution in [0.5, 0.6) is 0 Å². The molecule has 1 aliphatic rings. The van der Waals surface area contributed by atoms with E-state index in [4.69, 9.17) is 9.84 Å². The molecule has 1 atom stereocenters. The third-order valence-electron chi connectivity index (χ3n) is 1.49. The standard InChI is InChI=1S/C7H10O3/c8-7(9)5-6-1-3-10-4-2-6/h1,3,6H,2,4-5H2,(H,8,9)/t6-/m0/s1. The zero-order valence-electron chi connectivity index (χ0n) is 5.62. The third-order valence-corrected chi connectivity index (χ3v) is 1.49. The van der Waals surface area contributed by atoms with Crippen LogP contribution < -0.4 is 0 Å². The van der Waals surface area contributed by atoms with Crippen LogP contribution in [0, 0.1) is 5.92 Å². The minimum Gasteiger partial charge on any atom is -0.501 e. The number of hydrogen-bond acceptors (Lipinski definition) is 2. The molecule has 0 unspecified atom stereocenters. The molecule has 0 aromatic heterocycles. The van der Waals surface area contributed by atoms with Crippen molar-refractivity contribution in [2.75, 3.05) is 6.61 Å². The van der Waals surface area contributed by atoms with Crippen molar-refractivity contribution >= 4 is 5.97 Å². The van der Waals surface area contributed by atoms with Crippen LogP contribution in [-0.2, 0) is 9.53 Å². The van der Waals surface area contributed by atoms with Gasteiger partial charge in [0.1, 0.15) is 0 Å². The van der Waals surface area contributed by atoms with Gasteiger partial charge < -0.3 is 9.84 Å². The molecule has 3 nitrogen and oxygen atoms in total. The molecule has 1 rings (SSSR count). The molecule has 1 aliphatic heterocycles. The van der Waals surface area contributed by atoms with Crippen molar-refractivity contribution in [2.45, 2.75) is 12.8 Å². The van der Waals surface area contributed by atoms with Crippen molar-refractivity contribution in [1.82, 2.24) is 0 Å². The van der Waals surface area contributed by atoms with Crippen LogP contribution in [0.1, 0.15) is 12.8 Å². The molecular weight excluding hydrogens is 132 g/mol. The van der Waals surface area contributed by atoms with E-state index in [0.717, 1.165) is 6.42 Å². The van der Waals surface area contributed by atoms with Gasteiger partial charge >= 0.3 is 5.97 Å². The lowest BCUT2D eigenvalue weighted by Crippen LogP contribution is -2.10. The summed E-state index contributed by atoms with van der Waals surface area (Å²) in [7, 11) is 0. The SMILES string of the molecule is O=C(O)C[C@H]1C=COCC1. The molecule has 0 saturated heterocycles. The third kappa shape index (κ3) is 2.09. The van der Waals surface area contributed by atoms with Crippen LogP contribution >= 0.6 is 0 Å². The zero-order valence-corrected chi connectivity index (χ0v) is 5.62. The van der Waals surface area contributed by atoms with Crippen molar-refractivity contribution in [2.24, 2.45) is 5.92 Å². The Morgan fingerprint density at radius 3 is 3.10 bits per heavy atom. The summed E-state index contributed by atoms with van der Waals surface area (Å²) in [6.45, 7) is 0.647. The molecule has 56 valence electrons. The Bertz CT molecular complexity index is 151. The molecule has 3 heteroatoms. The second-order valence-electron chi connectivity index (χ2n) is 2.35. The van der Waals surface area contributed by atoms with E-state index in [2.05, 4.69) is 0 Å². The highest BCUT2D eigenvalue weighted by Gasteiger charge is 2.12. The molecule has 0 amide bonds. The van der Waals surface area contributed by atoms with Gasteiger partial charge in [0.05, 0.1) is 19.3 Å². The van der Waals surface area contributed by atoms with E-state index >= 15 is 0 Å². The number of carbonyl (C=O) groups is 1. The van der Waals surface area contributed by atoms with E-state index in [0.29, 0.717) is 6.61 Å². The first kappa shape index (κ1) is 7.12. The van der Waals surface area contributed by atoms with Crippen molar-refractivity contribution in [3.63, 3.8) is 0 Å². The number of aliphatic carboxylic acids is 1. The molecule has 1 heterocycles. The van der Waals surface area contributed by atoms with E-state index < -0.39 is 5.97 Å². The maximum atomic E-state index is 10.2. The number of hydrogen-bond donors (Lipinski definition) is 1. The van der Waals surface area contributed by atoms with Gasteiger partial charge in [-0.05, 0) is 18.4 Å². The number of carboxylic acid groups (broad SMARTS) is 1. The number of allylic oxidation sites excluding steroid dienone is 1. The molecule has 0 bridgehead atoms. The first-order valence-electron chi connectivity index (χ1n) is 3.29. The number of carboxylic acids is 1. The van der Waals surface area contributed by atoms with Crippen LogP contribution in [0.25, 0.3) is 0 Å². The summed E-state index contributed by atoms with van der Waals surface area (Å²) in [4.78, 5) is 10.2. The minimum atomic E-state index is -0.739. The summed E-state index contributed by atoms with van der Waals surface area (Å²) in [5, 5.41) is 8.39. The summed E-state index contributed by atoms with van der Waals surface area (Å²) in [5.74, 6) is -0.567. The summed E-state index contributed by atoms with van der Waals surface area (Å²) in [5.41, 5.74) is 0. The molecule has 10 heavy (non-hydrogen) atoms. The molecule has 0 aromatic carbocycles. The van der Waals surface area contributed by atoms with Crippen molar-refractivity contribution < 1.29 is 14.6 Å². The van der Waals surface area contributed by atoms with Gasteiger partial charge in [-0.3, -0.25) is 4.79 Å². The van der Waals surface area contributed by atoms with Crippen molar-refractivity contribution in [1.29, 1.82) is 0 Å². The van der Waals surface area contributed by atoms with E-state index in [1.165, 1.54) is 0 Å². The smallest absolute Gasteiger partial charge is 0.303 e. The monoisotopic (exact) mass is 142 g/mol. The minimum absolute atomic E-state index is 0.172. The quantitative estimate of drug-likeness (QED) is 0.625. The predicted molar refractivity (Wildman–Crippen MR) is 35.5 cm³/mol. The highest BCUT2D eigenvalue weighted by atomic mass is 16.5. The lowest BCUT2D eigenvalue weighted by atomic mass is 10.0. The Labute approximate surface area is 59.3 Å². The van der Waals surface area contributed by atoms with Crippen LogP contribution in [-0.4, -0.2) is 17.7 Å². The first-order valence-corrected chi connectivity index (χ1v) is 3.29. The predicted octanol–water partition coefficient (Wildman–Crippen LogP) is 1.01. The molecular formula is C7H10O3.